The van der Waals surface area contributed by atoms with Crippen LogP contribution in [0.25, 0.3) is 111 Å². The van der Waals surface area contributed by atoms with Crippen molar-refractivity contribution in [2.45, 2.75) is 0 Å². The van der Waals surface area contributed by atoms with Crippen molar-refractivity contribution in [1.29, 1.82) is 0 Å². The van der Waals surface area contributed by atoms with Crippen molar-refractivity contribution < 1.29 is 8.83 Å². The molecule has 11 rings (SSSR count). The molecular formula is C47H27N3O2. The van der Waals surface area contributed by atoms with E-state index >= 15 is 0 Å². The van der Waals surface area contributed by atoms with E-state index in [1.807, 2.05) is 72.8 Å². The molecule has 0 atom stereocenters. The zero-order chi connectivity index (χ0) is 34.2. The number of hydrogen-bond donors (Lipinski definition) is 0. The molecule has 0 fully saturated rings. The second-order valence-corrected chi connectivity index (χ2v) is 13.1. The van der Waals surface area contributed by atoms with Crippen molar-refractivity contribution in [3.05, 3.63) is 164 Å². The Morgan fingerprint density at radius 1 is 0.308 bits per heavy atom. The first-order chi connectivity index (χ1) is 25.8. The van der Waals surface area contributed by atoms with Crippen LogP contribution in [0.3, 0.4) is 0 Å². The molecule has 0 bridgehead atoms. The molecular weight excluding hydrogens is 639 g/mol. The molecule has 8 aromatic carbocycles. The monoisotopic (exact) mass is 665 g/mol. The lowest BCUT2D eigenvalue weighted by Gasteiger charge is -2.13. The standard InChI is InChI=1S/C47H27N3O2/c1-3-13-28(14-4-1)45-48-46(29-15-5-2-6-16-29)50-47(49-45)36-26-25-31(32-17-7-8-18-33(32)36)30-23-24-38-40(27-30)52-44-41(38)34-19-9-10-20-35(34)43-42(44)37-21-11-12-22-39(37)51-43/h1-27H. The number of rotatable bonds is 4. The highest BCUT2D eigenvalue weighted by molar-refractivity contribution is 6.33. The van der Waals surface area contributed by atoms with Crippen LogP contribution in [0.1, 0.15) is 0 Å². The van der Waals surface area contributed by atoms with Crippen LogP contribution < -0.4 is 0 Å². The maximum atomic E-state index is 6.83. The molecule has 0 radical (unpaired) electrons. The van der Waals surface area contributed by atoms with Gasteiger partial charge in [-0.2, -0.15) is 0 Å². The van der Waals surface area contributed by atoms with Crippen molar-refractivity contribution in [3.63, 3.8) is 0 Å². The zero-order valence-electron chi connectivity index (χ0n) is 27.7. The van der Waals surface area contributed by atoms with Gasteiger partial charge in [-0.15, -0.1) is 0 Å². The average molecular weight is 666 g/mol. The lowest BCUT2D eigenvalue weighted by atomic mass is 9.93. The molecule has 0 saturated heterocycles. The SMILES string of the molecule is c1ccc(-c2nc(-c3ccccc3)nc(-c3ccc(-c4ccc5c(c4)oc4c5c5ccccc5c5oc6ccccc6c54)c4ccccc34)n2)cc1. The summed E-state index contributed by atoms with van der Waals surface area (Å²) >= 11 is 0. The third kappa shape index (κ3) is 4.33. The summed E-state index contributed by atoms with van der Waals surface area (Å²) in [5, 5.41) is 8.62. The van der Waals surface area contributed by atoms with Crippen LogP contribution in [0.5, 0.6) is 0 Å². The van der Waals surface area contributed by atoms with E-state index in [4.69, 9.17) is 23.8 Å². The molecule has 0 amide bonds. The lowest BCUT2D eigenvalue weighted by Crippen LogP contribution is -2.00. The molecule has 5 nitrogen and oxygen atoms in total. The van der Waals surface area contributed by atoms with E-state index in [0.717, 1.165) is 93.2 Å². The molecule has 0 aliphatic rings. The van der Waals surface area contributed by atoms with Crippen LogP contribution in [0.4, 0.5) is 0 Å². The Bertz CT molecular complexity index is 3120. The minimum atomic E-state index is 0.631. The van der Waals surface area contributed by atoms with Crippen LogP contribution in [0.15, 0.2) is 173 Å². The van der Waals surface area contributed by atoms with Crippen LogP contribution in [-0.2, 0) is 0 Å². The third-order valence-electron chi connectivity index (χ3n) is 10.1. The van der Waals surface area contributed by atoms with Gasteiger partial charge in [-0.25, -0.2) is 15.0 Å². The largest absolute Gasteiger partial charge is 0.455 e. The van der Waals surface area contributed by atoms with E-state index < -0.39 is 0 Å². The summed E-state index contributed by atoms with van der Waals surface area (Å²) < 4.78 is 13.3. The minimum absolute atomic E-state index is 0.631. The summed E-state index contributed by atoms with van der Waals surface area (Å²) in [7, 11) is 0. The number of aromatic nitrogens is 3. The second kappa shape index (κ2) is 11.2. The summed E-state index contributed by atoms with van der Waals surface area (Å²) in [6.07, 6.45) is 0. The number of benzene rings is 8. The first-order valence-corrected chi connectivity index (χ1v) is 17.4. The fourth-order valence-corrected chi connectivity index (χ4v) is 7.74. The van der Waals surface area contributed by atoms with E-state index in [2.05, 4.69) is 91.0 Å². The Morgan fingerprint density at radius 3 is 1.54 bits per heavy atom. The Labute approximate surface area is 297 Å². The maximum absolute atomic E-state index is 6.83. The molecule has 11 aromatic rings. The van der Waals surface area contributed by atoms with Gasteiger partial charge in [0.15, 0.2) is 17.5 Å². The zero-order valence-corrected chi connectivity index (χ0v) is 27.7. The van der Waals surface area contributed by atoms with Crippen molar-refractivity contribution in [1.82, 2.24) is 15.0 Å². The highest BCUT2D eigenvalue weighted by atomic mass is 16.3. The maximum Gasteiger partial charge on any atom is 0.164 e. The Morgan fingerprint density at radius 2 is 0.827 bits per heavy atom. The fraction of sp³-hybridized carbons (Fsp3) is 0. The van der Waals surface area contributed by atoms with Gasteiger partial charge in [0.05, 0.1) is 5.39 Å². The first kappa shape index (κ1) is 28.7. The first-order valence-electron chi connectivity index (χ1n) is 17.4. The van der Waals surface area contributed by atoms with Gasteiger partial charge < -0.3 is 8.83 Å². The van der Waals surface area contributed by atoms with Crippen molar-refractivity contribution in [3.8, 4) is 45.3 Å². The van der Waals surface area contributed by atoms with E-state index in [0.29, 0.717) is 17.5 Å². The Kier molecular flexibility index (Phi) is 6.18. The van der Waals surface area contributed by atoms with Gasteiger partial charge >= 0.3 is 0 Å². The molecule has 52 heavy (non-hydrogen) atoms. The number of para-hydroxylation sites is 1. The summed E-state index contributed by atoms with van der Waals surface area (Å²) in [5.41, 5.74) is 8.39. The number of furan rings is 2. The molecule has 0 N–H and O–H groups in total. The summed E-state index contributed by atoms with van der Waals surface area (Å²) in [5.74, 6) is 1.91. The van der Waals surface area contributed by atoms with Crippen LogP contribution in [0, 0.1) is 0 Å². The molecule has 5 heteroatoms. The van der Waals surface area contributed by atoms with Crippen molar-refractivity contribution in [2.75, 3.05) is 0 Å². The van der Waals surface area contributed by atoms with E-state index in [1.54, 1.807) is 0 Å². The third-order valence-corrected chi connectivity index (χ3v) is 10.1. The highest BCUT2D eigenvalue weighted by Gasteiger charge is 2.22. The van der Waals surface area contributed by atoms with Gasteiger partial charge in [0.2, 0.25) is 0 Å². The van der Waals surface area contributed by atoms with Crippen LogP contribution in [-0.4, -0.2) is 15.0 Å². The number of hydrogen-bond acceptors (Lipinski definition) is 5. The molecule has 242 valence electrons. The molecule has 3 heterocycles. The summed E-state index contributed by atoms with van der Waals surface area (Å²) in [4.78, 5) is 15.0. The van der Waals surface area contributed by atoms with E-state index in [9.17, 15) is 0 Å². The van der Waals surface area contributed by atoms with Crippen molar-refractivity contribution >= 4 is 65.4 Å². The second-order valence-electron chi connectivity index (χ2n) is 13.1. The fourth-order valence-electron chi connectivity index (χ4n) is 7.74. The average Bonchev–Trinajstić information content (AvgIpc) is 3.80. The van der Waals surface area contributed by atoms with Crippen LogP contribution >= 0.6 is 0 Å². The smallest absolute Gasteiger partial charge is 0.164 e. The van der Waals surface area contributed by atoms with E-state index in [-0.39, 0.29) is 0 Å². The van der Waals surface area contributed by atoms with Gasteiger partial charge in [-0.3, -0.25) is 0 Å². The minimum Gasteiger partial charge on any atom is -0.455 e. The predicted molar refractivity (Wildman–Crippen MR) is 211 cm³/mol. The topological polar surface area (TPSA) is 65.0 Å². The van der Waals surface area contributed by atoms with Crippen LogP contribution in [0.2, 0.25) is 0 Å². The molecule has 0 spiro atoms. The van der Waals surface area contributed by atoms with Gasteiger partial charge in [0.1, 0.15) is 22.3 Å². The predicted octanol–water partition coefficient (Wildman–Crippen LogP) is 12.6. The number of nitrogens with zero attached hydrogens (tertiary/aromatic N) is 3. The summed E-state index contributed by atoms with van der Waals surface area (Å²) in [6, 6.07) is 56.1. The molecule has 0 aliphatic heterocycles. The van der Waals surface area contributed by atoms with Crippen molar-refractivity contribution in [2.24, 2.45) is 0 Å². The quantitative estimate of drug-likeness (QED) is 0.187. The lowest BCUT2D eigenvalue weighted by molar-refractivity contribution is 0.665. The molecule has 3 aromatic heterocycles. The molecule has 0 unspecified atom stereocenters. The van der Waals surface area contributed by atoms with E-state index in [1.165, 1.54) is 0 Å². The van der Waals surface area contributed by atoms with Gasteiger partial charge in [-0.1, -0.05) is 140 Å². The Hall–Kier alpha value is -7.11. The Balaban J connectivity index is 1.12. The number of fused-ring (bicyclic) bond motifs is 11. The van der Waals surface area contributed by atoms with Gasteiger partial charge in [-0.05, 0) is 51.6 Å². The van der Waals surface area contributed by atoms with Gasteiger partial charge in [0, 0.05) is 38.2 Å². The highest BCUT2D eigenvalue weighted by Crippen LogP contribution is 2.46. The van der Waals surface area contributed by atoms with Gasteiger partial charge in [0.25, 0.3) is 0 Å². The summed E-state index contributed by atoms with van der Waals surface area (Å²) in [6.45, 7) is 0. The normalized spacial score (nSPS) is 11.8. The molecule has 0 aliphatic carbocycles. The molecule has 0 saturated carbocycles.